The van der Waals surface area contributed by atoms with Gasteiger partial charge in [-0.2, -0.15) is 0 Å². The van der Waals surface area contributed by atoms with Gasteiger partial charge < -0.3 is 9.13 Å². The summed E-state index contributed by atoms with van der Waals surface area (Å²) in [5.41, 5.74) is 26.1. The van der Waals surface area contributed by atoms with Crippen LogP contribution in [0.4, 0.5) is 0 Å². The second-order valence-corrected chi connectivity index (χ2v) is 17.7. The summed E-state index contributed by atoms with van der Waals surface area (Å²) in [6, 6.07) is 67.8. The van der Waals surface area contributed by atoms with Gasteiger partial charge in [-0.3, -0.25) is 0 Å². The number of hydrogen-bond donors (Lipinski definition) is 0. The molecule has 0 unspecified atom stereocenters. The highest BCUT2D eigenvalue weighted by Crippen LogP contribution is 2.61. The lowest BCUT2D eigenvalue weighted by Gasteiger charge is -2.44. The number of aromatic nitrogens is 2. The molecule has 2 nitrogen and oxygen atoms in total. The number of hydrogen-bond acceptors (Lipinski definition) is 0. The molecule has 15 rings (SSSR count). The van der Waals surface area contributed by atoms with Crippen molar-refractivity contribution >= 4 is 66.6 Å². The summed E-state index contributed by atoms with van der Waals surface area (Å²) in [5, 5.41) is 6.58. The third-order valence-electron chi connectivity index (χ3n) is 14.8. The van der Waals surface area contributed by atoms with Crippen LogP contribution >= 0.6 is 0 Å². The SMILES string of the molecule is Cc1ccc(-c2c(-c3ccc(C)cc3)n3c4c(cc5ccccc5c24)B2c4c-3ccc3c4-n4c5c2cccc5c2cccc(c24)C32c3ccccc3-c3ccccc32)cc1. The van der Waals surface area contributed by atoms with Gasteiger partial charge in [-0.05, 0) is 91.6 Å². The maximum Gasteiger partial charge on any atom is 0.252 e. The van der Waals surface area contributed by atoms with Gasteiger partial charge >= 0.3 is 0 Å². The molecular formula is C57H35BN2. The summed E-state index contributed by atoms with van der Waals surface area (Å²) in [6.45, 7) is 4.41. The zero-order valence-corrected chi connectivity index (χ0v) is 33.2. The minimum atomic E-state index is -0.480. The molecule has 276 valence electrons. The maximum atomic E-state index is 2.70. The van der Waals surface area contributed by atoms with Crippen molar-refractivity contribution in [2.24, 2.45) is 0 Å². The van der Waals surface area contributed by atoms with E-state index in [2.05, 4.69) is 199 Å². The summed E-state index contributed by atoms with van der Waals surface area (Å²) < 4.78 is 5.38. The topological polar surface area (TPSA) is 9.86 Å². The van der Waals surface area contributed by atoms with E-state index in [1.54, 1.807) is 0 Å². The van der Waals surface area contributed by atoms with Gasteiger partial charge in [0.15, 0.2) is 0 Å². The van der Waals surface area contributed by atoms with Gasteiger partial charge in [0, 0.05) is 38.6 Å². The molecule has 5 heterocycles. The van der Waals surface area contributed by atoms with E-state index < -0.39 is 5.41 Å². The molecule has 0 saturated heterocycles. The first-order chi connectivity index (χ1) is 29.6. The summed E-state index contributed by atoms with van der Waals surface area (Å²) in [5.74, 6) is 0. The number of aryl methyl sites for hydroxylation is 2. The second kappa shape index (κ2) is 10.6. The van der Waals surface area contributed by atoms with Crippen molar-refractivity contribution in [2.75, 3.05) is 0 Å². The van der Waals surface area contributed by atoms with Crippen molar-refractivity contribution in [3.05, 3.63) is 209 Å². The first-order valence-electron chi connectivity index (χ1n) is 21.3. The van der Waals surface area contributed by atoms with E-state index in [1.807, 2.05) is 0 Å². The van der Waals surface area contributed by atoms with Gasteiger partial charge in [0.25, 0.3) is 6.71 Å². The van der Waals surface area contributed by atoms with Gasteiger partial charge in [-0.15, -0.1) is 0 Å². The lowest BCUT2D eigenvalue weighted by molar-refractivity contribution is 0.749. The molecule has 0 N–H and O–H groups in total. The molecule has 0 bridgehead atoms. The Balaban J connectivity index is 1.21. The van der Waals surface area contributed by atoms with Gasteiger partial charge in [0.05, 0.1) is 22.1 Å². The molecule has 0 saturated carbocycles. The standard InChI is InChI=1S/C57H35BN2/c1-32-21-25-34(26-22-32)49-50-37-12-4-3-11-36(37)31-47-56(50)59(52(49)35-27-23-33(2)24-28-35)48-30-29-45-55-51(48)58(47)46-20-10-16-41-40-15-9-19-44(53(40)60(55)54(41)46)57(45)42-17-7-5-13-38(42)39-14-6-8-18-43(39)57/h3-31H,1-2H3. The third kappa shape index (κ3) is 3.43. The Morgan fingerprint density at radius 2 is 1.07 bits per heavy atom. The fourth-order valence-electron chi connectivity index (χ4n) is 12.6. The molecule has 0 atom stereocenters. The Kier molecular flexibility index (Phi) is 5.60. The van der Waals surface area contributed by atoms with E-state index in [4.69, 9.17) is 0 Å². The third-order valence-corrected chi connectivity index (χ3v) is 14.8. The van der Waals surface area contributed by atoms with Crippen molar-refractivity contribution in [2.45, 2.75) is 19.3 Å². The first-order valence-corrected chi connectivity index (χ1v) is 21.3. The molecule has 9 aromatic carbocycles. The zero-order chi connectivity index (χ0) is 39.2. The van der Waals surface area contributed by atoms with E-state index in [1.165, 1.54) is 138 Å². The van der Waals surface area contributed by atoms with Crippen LogP contribution in [0.25, 0.3) is 88.4 Å². The number of nitrogens with zero attached hydrogens (tertiary/aromatic N) is 2. The van der Waals surface area contributed by atoms with Crippen LogP contribution < -0.4 is 16.4 Å². The zero-order valence-electron chi connectivity index (χ0n) is 33.2. The Morgan fingerprint density at radius 1 is 0.450 bits per heavy atom. The van der Waals surface area contributed by atoms with Crippen molar-refractivity contribution < 1.29 is 0 Å². The van der Waals surface area contributed by atoms with Crippen molar-refractivity contribution in [1.82, 2.24) is 9.13 Å². The monoisotopic (exact) mass is 758 g/mol. The van der Waals surface area contributed by atoms with Crippen LogP contribution in [0.2, 0.25) is 0 Å². The number of rotatable bonds is 2. The van der Waals surface area contributed by atoms with Crippen LogP contribution in [-0.2, 0) is 5.41 Å². The molecule has 3 heteroatoms. The van der Waals surface area contributed by atoms with Crippen LogP contribution in [0.3, 0.4) is 0 Å². The molecule has 1 spiro atoms. The van der Waals surface area contributed by atoms with E-state index in [0.29, 0.717) is 0 Å². The summed E-state index contributed by atoms with van der Waals surface area (Å²) in [4.78, 5) is 0. The Morgan fingerprint density at radius 3 is 1.82 bits per heavy atom. The lowest BCUT2D eigenvalue weighted by Crippen LogP contribution is -2.60. The van der Waals surface area contributed by atoms with E-state index in [-0.39, 0.29) is 6.71 Å². The predicted octanol–water partition coefficient (Wildman–Crippen LogP) is 11.7. The maximum absolute atomic E-state index is 2.70. The van der Waals surface area contributed by atoms with Crippen LogP contribution in [0, 0.1) is 13.8 Å². The molecule has 0 radical (unpaired) electrons. The van der Waals surface area contributed by atoms with Gasteiger partial charge in [-0.25, -0.2) is 0 Å². The minimum absolute atomic E-state index is 0.0344. The van der Waals surface area contributed by atoms with Crippen LogP contribution in [-0.4, -0.2) is 15.8 Å². The molecule has 11 aromatic rings. The molecule has 2 aromatic heterocycles. The Bertz CT molecular complexity index is 3740. The summed E-state index contributed by atoms with van der Waals surface area (Å²) in [6.07, 6.45) is 0. The van der Waals surface area contributed by atoms with Gasteiger partial charge in [-0.1, -0.05) is 181 Å². The Hall–Kier alpha value is -7.36. The van der Waals surface area contributed by atoms with E-state index in [0.717, 1.165) is 0 Å². The van der Waals surface area contributed by atoms with Crippen molar-refractivity contribution in [3.63, 3.8) is 0 Å². The highest BCUT2D eigenvalue weighted by molar-refractivity contribution is 7.00. The van der Waals surface area contributed by atoms with Crippen LogP contribution in [0.1, 0.15) is 33.4 Å². The summed E-state index contributed by atoms with van der Waals surface area (Å²) in [7, 11) is 0. The molecule has 0 amide bonds. The van der Waals surface area contributed by atoms with E-state index >= 15 is 0 Å². The largest absolute Gasteiger partial charge is 0.310 e. The van der Waals surface area contributed by atoms with Gasteiger partial charge in [0.2, 0.25) is 0 Å². The predicted molar refractivity (Wildman–Crippen MR) is 251 cm³/mol. The quantitative estimate of drug-likeness (QED) is 0.155. The number of benzene rings is 9. The molecule has 4 aliphatic rings. The van der Waals surface area contributed by atoms with Crippen LogP contribution in [0.15, 0.2) is 176 Å². The fourth-order valence-corrected chi connectivity index (χ4v) is 12.6. The van der Waals surface area contributed by atoms with Crippen molar-refractivity contribution in [1.29, 1.82) is 0 Å². The normalized spacial score (nSPS) is 14.3. The average molecular weight is 759 g/mol. The van der Waals surface area contributed by atoms with Crippen molar-refractivity contribution in [3.8, 4) is 44.9 Å². The average Bonchev–Trinajstić information content (AvgIpc) is 3.93. The Labute approximate surface area is 347 Å². The molecule has 60 heavy (non-hydrogen) atoms. The summed E-state index contributed by atoms with van der Waals surface area (Å²) >= 11 is 0. The van der Waals surface area contributed by atoms with Gasteiger partial charge in [0.1, 0.15) is 0 Å². The molecule has 1 aliphatic carbocycles. The first kappa shape index (κ1) is 31.6. The molecule has 0 fully saturated rings. The number of para-hydroxylation sites is 2. The highest BCUT2D eigenvalue weighted by Gasteiger charge is 2.54. The smallest absolute Gasteiger partial charge is 0.252 e. The fraction of sp³-hybridized carbons (Fsp3) is 0.0526. The number of fused-ring (bicyclic) bond motifs is 13. The van der Waals surface area contributed by atoms with E-state index in [9.17, 15) is 0 Å². The molecular weight excluding hydrogens is 723 g/mol. The lowest BCUT2D eigenvalue weighted by atomic mass is 9.33. The second-order valence-electron chi connectivity index (χ2n) is 17.7. The molecule has 3 aliphatic heterocycles. The minimum Gasteiger partial charge on any atom is -0.310 e. The highest BCUT2D eigenvalue weighted by atomic mass is 15.1. The van der Waals surface area contributed by atoms with Crippen LogP contribution in [0.5, 0.6) is 0 Å².